The molecule has 0 aliphatic carbocycles. The second-order valence-electron chi connectivity index (χ2n) is 3.70. The second kappa shape index (κ2) is 5.48. The van der Waals surface area contributed by atoms with Crippen LogP contribution in [0, 0.1) is 0 Å². The van der Waals surface area contributed by atoms with Gasteiger partial charge in [0, 0.05) is 5.56 Å². The number of quaternary nitrogens is 1. The van der Waals surface area contributed by atoms with Gasteiger partial charge in [-0.05, 0) is 0 Å². The van der Waals surface area contributed by atoms with Crippen molar-refractivity contribution in [1.29, 1.82) is 0 Å². The predicted octanol–water partition coefficient (Wildman–Crippen LogP) is -0.537. The lowest BCUT2D eigenvalue weighted by Crippen LogP contribution is -3.00. The first-order chi connectivity index (χ1) is 5.64. The topological polar surface area (TPSA) is 0 Å². The van der Waals surface area contributed by atoms with E-state index in [2.05, 4.69) is 38.4 Å². The molecule has 0 aliphatic rings. The number of nitrogens with zero attached hydrogens (tertiary/aromatic N) is 1. The van der Waals surface area contributed by atoms with E-state index in [4.69, 9.17) is 11.6 Å². The van der Waals surface area contributed by atoms with Crippen LogP contribution in [0.15, 0.2) is 30.3 Å². The van der Waals surface area contributed by atoms with Gasteiger partial charge in [-0.2, -0.15) is 0 Å². The van der Waals surface area contributed by atoms with Crippen LogP contribution in [0.1, 0.15) is 5.56 Å². The molecule has 0 saturated heterocycles. The van der Waals surface area contributed by atoms with Crippen LogP contribution in [0.25, 0.3) is 0 Å². The minimum atomic E-state index is 0. The SMILES string of the molecule is C[N+](C)(CCl)Cc1ccccc1.[Cl-]. The van der Waals surface area contributed by atoms with Gasteiger partial charge in [0.2, 0.25) is 0 Å². The molecule has 74 valence electrons. The van der Waals surface area contributed by atoms with Crippen molar-refractivity contribution < 1.29 is 16.9 Å². The Bertz CT molecular complexity index is 234. The first-order valence-electron chi connectivity index (χ1n) is 4.06. The van der Waals surface area contributed by atoms with E-state index < -0.39 is 0 Å². The molecule has 0 aliphatic heterocycles. The molecule has 1 aromatic rings. The van der Waals surface area contributed by atoms with Crippen LogP contribution >= 0.6 is 11.6 Å². The van der Waals surface area contributed by atoms with Gasteiger partial charge < -0.3 is 16.9 Å². The lowest BCUT2D eigenvalue weighted by atomic mass is 10.2. The third kappa shape index (κ3) is 4.51. The molecule has 0 aromatic heterocycles. The summed E-state index contributed by atoms with van der Waals surface area (Å²) in [5, 5.41) is 0. The summed E-state index contributed by atoms with van der Waals surface area (Å²) in [5.41, 5.74) is 1.34. The summed E-state index contributed by atoms with van der Waals surface area (Å²) in [6.45, 7) is 0.990. The third-order valence-electron chi connectivity index (χ3n) is 1.78. The molecule has 13 heavy (non-hydrogen) atoms. The standard InChI is InChI=1S/C10H15ClN.ClH/c1-12(2,9-11)8-10-6-4-3-5-7-10;/h3-7H,8-9H2,1-2H3;1H/q+1;/p-1. The van der Waals surface area contributed by atoms with Gasteiger partial charge in [-0.1, -0.05) is 41.9 Å². The number of hydrogen-bond acceptors (Lipinski definition) is 0. The normalized spacial score (nSPS) is 10.7. The molecule has 1 nitrogen and oxygen atoms in total. The van der Waals surface area contributed by atoms with E-state index in [0.29, 0.717) is 6.00 Å². The van der Waals surface area contributed by atoms with Crippen molar-refractivity contribution in [2.45, 2.75) is 6.54 Å². The van der Waals surface area contributed by atoms with Crippen LogP contribution in [-0.2, 0) is 6.54 Å². The van der Waals surface area contributed by atoms with Gasteiger partial charge >= 0.3 is 0 Å². The van der Waals surface area contributed by atoms with Crippen LogP contribution in [-0.4, -0.2) is 24.6 Å². The van der Waals surface area contributed by atoms with E-state index in [0.717, 1.165) is 11.0 Å². The number of benzene rings is 1. The Morgan fingerprint density at radius 3 is 2.15 bits per heavy atom. The highest BCUT2D eigenvalue weighted by Gasteiger charge is 2.12. The Morgan fingerprint density at radius 2 is 1.69 bits per heavy atom. The smallest absolute Gasteiger partial charge is 0.154 e. The summed E-state index contributed by atoms with van der Waals surface area (Å²) < 4.78 is 0.825. The summed E-state index contributed by atoms with van der Waals surface area (Å²) in [7, 11) is 4.25. The quantitative estimate of drug-likeness (QED) is 0.365. The Kier molecular flexibility index (Phi) is 5.38. The van der Waals surface area contributed by atoms with Crippen molar-refractivity contribution in [2.75, 3.05) is 20.1 Å². The summed E-state index contributed by atoms with van der Waals surface area (Å²) in [4.78, 5) is 0. The minimum Gasteiger partial charge on any atom is -1.00 e. The molecule has 0 radical (unpaired) electrons. The van der Waals surface area contributed by atoms with Crippen LogP contribution in [0.2, 0.25) is 0 Å². The minimum absolute atomic E-state index is 0. The van der Waals surface area contributed by atoms with E-state index in [1.807, 2.05) is 6.07 Å². The second-order valence-corrected chi connectivity index (χ2v) is 3.94. The number of halogens is 2. The molecule has 0 N–H and O–H groups in total. The molecule has 0 saturated carbocycles. The van der Waals surface area contributed by atoms with Gasteiger partial charge in [0.05, 0.1) is 14.1 Å². The van der Waals surface area contributed by atoms with Crippen LogP contribution < -0.4 is 12.4 Å². The molecule has 1 rings (SSSR count). The van der Waals surface area contributed by atoms with Gasteiger partial charge in [-0.25, -0.2) is 0 Å². The molecule has 0 amide bonds. The van der Waals surface area contributed by atoms with Gasteiger partial charge in [0.1, 0.15) is 6.54 Å². The van der Waals surface area contributed by atoms with Crippen LogP contribution in [0.4, 0.5) is 0 Å². The van der Waals surface area contributed by atoms with Gasteiger partial charge in [-0.15, -0.1) is 0 Å². The highest BCUT2D eigenvalue weighted by molar-refractivity contribution is 6.16. The maximum atomic E-state index is 5.82. The van der Waals surface area contributed by atoms with Crippen molar-refractivity contribution in [2.24, 2.45) is 0 Å². The largest absolute Gasteiger partial charge is 1.00 e. The Hall–Kier alpha value is -0.240. The molecule has 0 bridgehead atoms. The molecule has 1 aromatic carbocycles. The third-order valence-corrected chi connectivity index (χ3v) is 2.42. The number of alkyl halides is 1. The maximum absolute atomic E-state index is 5.82. The van der Waals surface area contributed by atoms with Crippen molar-refractivity contribution in [3.05, 3.63) is 35.9 Å². The Morgan fingerprint density at radius 1 is 1.15 bits per heavy atom. The van der Waals surface area contributed by atoms with Crippen LogP contribution in [0.5, 0.6) is 0 Å². The molecular weight excluding hydrogens is 205 g/mol. The van der Waals surface area contributed by atoms with Gasteiger partial charge in [-0.3, -0.25) is 0 Å². The summed E-state index contributed by atoms with van der Waals surface area (Å²) >= 11 is 5.82. The van der Waals surface area contributed by atoms with E-state index in [1.165, 1.54) is 5.56 Å². The number of rotatable bonds is 3. The molecule has 3 heteroatoms. The zero-order chi connectivity index (χ0) is 9.03. The fourth-order valence-corrected chi connectivity index (χ4v) is 1.20. The Balaban J connectivity index is 0.00000144. The first-order valence-corrected chi connectivity index (χ1v) is 4.59. The molecule has 0 fully saturated rings. The molecular formula is C10H15Cl2N. The molecule has 0 atom stereocenters. The lowest BCUT2D eigenvalue weighted by molar-refractivity contribution is -0.892. The fourth-order valence-electron chi connectivity index (χ4n) is 1.12. The van der Waals surface area contributed by atoms with E-state index in [9.17, 15) is 0 Å². The average molecular weight is 220 g/mol. The summed E-state index contributed by atoms with van der Waals surface area (Å²) in [6, 6.07) is 11.1. The maximum Gasteiger partial charge on any atom is 0.154 e. The van der Waals surface area contributed by atoms with E-state index in [1.54, 1.807) is 0 Å². The van der Waals surface area contributed by atoms with Crippen molar-refractivity contribution in [3.8, 4) is 0 Å². The van der Waals surface area contributed by atoms with Gasteiger partial charge in [0.25, 0.3) is 0 Å². The molecule has 0 spiro atoms. The predicted molar refractivity (Wildman–Crippen MR) is 53.0 cm³/mol. The first kappa shape index (κ1) is 12.8. The van der Waals surface area contributed by atoms with E-state index >= 15 is 0 Å². The van der Waals surface area contributed by atoms with Gasteiger partial charge in [0.15, 0.2) is 6.00 Å². The van der Waals surface area contributed by atoms with Crippen molar-refractivity contribution in [3.63, 3.8) is 0 Å². The zero-order valence-corrected chi connectivity index (χ0v) is 9.52. The highest BCUT2D eigenvalue weighted by atomic mass is 35.5. The summed E-state index contributed by atoms with van der Waals surface area (Å²) in [5.74, 6) is 0. The fraction of sp³-hybridized carbons (Fsp3) is 0.400. The zero-order valence-electron chi connectivity index (χ0n) is 8.00. The van der Waals surface area contributed by atoms with E-state index in [-0.39, 0.29) is 12.4 Å². The average Bonchev–Trinajstić information content (AvgIpc) is 2.06. The van der Waals surface area contributed by atoms with Crippen LogP contribution in [0.3, 0.4) is 0 Å². The lowest BCUT2D eigenvalue weighted by Gasteiger charge is -2.26. The Labute approximate surface area is 91.3 Å². The number of hydrogen-bond donors (Lipinski definition) is 0. The monoisotopic (exact) mass is 219 g/mol. The molecule has 0 heterocycles. The van der Waals surface area contributed by atoms with Crippen molar-refractivity contribution in [1.82, 2.24) is 0 Å². The molecule has 0 unspecified atom stereocenters. The highest BCUT2D eigenvalue weighted by Crippen LogP contribution is 2.09. The van der Waals surface area contributed by atoms with Crippen molar-refractivity contribution >= 4 is 11.6 Å². The summed E-state index contributed by atoms with van der Waals surface area (Å²) in [6.07, 6.45) is 0.